The zero-order valence-corrected chi connectivity index (χ0v) is 20.7. The molecule has 0 aliphatic rings. The van der Waals surface area contributed by atoms with Crippen LogP contribution in [-0.2, 0) is 17.5 Å². The Bertz CT molecular complexity index is 1450. The van der Waals surface area contributed by atoms with E-state index in [4.69, 9.17) is 10.5 Å². The van der Waals surface area contributed by atoms with Gasteiger partial charge in [-0.2, -0.15) is 18.3 Å². The Morgan fingerprint density at radius 2 is 2.00 bits per heavy atom. The Labute approximate surface area is 219 Å². The molecule has 3 aromatic heterocycles. The van der Waals surface area contributed by atoms with Gasteiger partial charge in [-0.25, -0.2) is 18.7 Å². The highest BCUT2D eigenvalue weighted by Gasteiger charge is 2.38. The van der Waals surface area contributed by atoms with E-state index in [1.54, 1.807) is 25.1 Å². The summed E-state index contributed by atoms with van der Waals surface area (Å²) in [6.45, 7) is 2.22. The minimum absolute atomic E-state index is 0.00179. The molecular weight excluding hydrogens is 527 g/mol. The van der Waals surface area contributed by atoms with Crippen LogP contribution < -0.4 is 16.4 Å². The van der Waals surface area contributed by atoms with Crippen LogP contribution in [0.4, 0.5) is 33.5 Å². The Morgan fingerprint density at radius 3 is 2.69 bits per heavy atom. The predicted molar refractivity (Wildman–Crippen MR) is 132 cm³/mol. The lowest BCUT2D eigenvalue weighted by Crippen LogP contribution is -2.28. The van der Waals surface area contributed by atoms with Crippen LogP contribution in [0.15, 0.2) is 43.0 Å². The molecule has 0 spiro atoms. The minimum Gasteiger partial charge on any atom is -0.378 e. The van der Waals surface area contributed by atoms with Crippen molar-refractivity contribution in [2.24, 2.45) is 5.73 Å². The van der Waals surface area contributed by atoms with Gasteiger partial charge < -0.3 is 21.1 Å². The predicted octanol–water partition coefficient (Wildman–Crippen LogP) is 3.63. The number of benzene rings is 1. The second kappa shape index (κ2) is 11.7. The van der Waals surface area contributed by atoms with E-state index in [9.17, 15) is 26.7 Å². The van der Waals surface area contributed by atoms with Crippen molar-refractivity contribution in [2.45, 2.75) is 26.1 Å². The van der Waals surface area contributed by atoms with Crippen LogP contribution in [-0.4, -0.2) is 62.8 Å². The van der Waals surface area contributed by atoms with Crippen LogP contribution in [0.3, 0.4) is 0 Å². The van der Waals surface area contributed by atoms with E-state index in [0.717, 1.165) is 6.20 Å². The smallest absolute Gasteiger partial charge is 0.378 e. The molecule has 1 amide bonds. The molecule has 1 aromatic carbocycles. The van der Waals surface area contributed by atoms with Crippen LogP contribution in [0, 0.1) is 6.92 Å². The number of fused-ring (bicyclic) bond motifs is 1. The number of halogens is 5. The standard InChI is InChI=1S/C24H25F5N8O2/c1-14-10-15(2-3-16(14)23(38)32-6-9-39-8-4-30)34-21-22-33-11-18(37(22)7-5-31-21)17-12-36(13-19(25)26)35-20(17)24(27,28)29/h2-3,5,7,10-12,19H,4,6,8-9,13,30H2,1H3,(H,31,34)(H,32,38). The maximum absolute atomic E-state index is 13.6. The largest absolute Gasteiger partial charge is 0.435 e. The molecule has 0 radical (unpaired) electrons. The topological polar surface area (TPSA) is 124 Å². The molecule has 0 atom stereocenters. The number of imidazole rings is 1. The number of anilines is 2. The lowest BCUT2D eigenvalue weighted by molar-refractivity contribution is -0.141. The third-order valence-corrected chi connectivity index (χ3v) is 5.59. The van der Waals surface area contributed by atoms with E-state index in [2.05, 4.69) is 25.7 Å². The number of hydrogen-bond acceptors (Lipinski definition) is 7. The number of hydrogen-bond donors (Lipinski definition) is 3. The molecule has 208 valence electrons. The minimum atomic E-state index is -4.87. The molecule has 4 N–H and O–H groups in total. The number of nitrogens with two attached hydrogens (primary N) is 1. The number of aryl methyl sites for hydroxylation is 1. The molecule has 0 saturated carbocycles. The lowest BCUT2D eigenvalue weighted by atomic mass is 10.1. The number of nitrogens with one attached hydrogen (secondary N) is 2. The number of aromatic nitrogens is 5. The van der Waals surface area contributed by atoms with Crippen molar-refractivity contribution in [2.75, 3.05) is 31.6 Å². The maximum Gasteiger partial charge on any atom is 0.435 e. The molecule has 0 saturated heterocycles. The second-order valence-electron chi connectivity index (χ2n) is 8.43. The van der Waals surface area contributed by atoms with Gasteiger partial charge in [0, 0.05) is 42.9 Å². The third kappa shape index (κ3) is 6.49. The van der Waals surface area contributed by atoms with Crippen LogP contribution >= 0.6 is 0 Å². The summed E-state index contributed by atoms with van der Waals surface area (Å²) < 4.78 is 73.7. The third-order valence-electron chi connectivity index (χ3n) is 5.59. The summed E-state index contributed by atoms with van der Waals surface area (Å²) >= 11 is 0. The van der Waals surface area contributed by atoms with Gasteiger partial charge in [-0.15, -0.1) is 0 Å². The van der Waals surface area contributed by atoms with E-state index >= 15 is 0 Å². The highest BCUT2D eigenvalue weighted by molar-refractivity contribution is 5.96. The Morgan fingerprint density at radius 1 is 1.21 bits per heavy atom. The van der Waals surface area contributed by atoms with Crippen molar-refractivity contribution in [1.82, 2.24) is 29.5 Å². The zero-order valence-electron chi connectivity index (χ0n) is 20.7. The summed E-state index contributed by atoms with van der Waals surface area (Å²) in [5.74, 6) is -0.0488. The molecule has 0 aliphatic carbocycles. The summed E-state index contributed by atoms with van der Waals surface area (Å²) in [6.07, 6.45) is -2.87. The molecule has 4 rings (SSSR count). The van der Waals surface area contributed by atoms with Crippen molar-refractivity contribution >= 4 is 23.1 Å². The molecule has 39 heavy (non-hydrogen) atoms. The fourth-order valence-electron chi connectivity index (χ4n) is 3.91. The quantitative estimate of drug-likeness (QED) is 0.192. The number of alkyl halides is 5. The van der Waals surface area contributed by atoms with Gasteiger partial charge in [-0.3, -0.25) is 13.9 Å². The molecule has 15 heteroatoms. The molecular formula is C24H25F5N8O2. The molecule has 0 unspecified atom stereocenters. The fraction of sp³-hybridized carbons (Fsp3) is 0.333. The first-order valence-electron chi connectivity index (χ1n) is 11.8. The zero-order chi connectivity index (χ0) is 28.2. The molecule has 4 aromatic rings. The number of nitrogens with zero attached hydrogens (tertiary/aromatic N) is 5. The number of carbonyl (C=O) groups is 1. The molecule has 10 nitrogen and oxygen atoms in total. The van der Waals surface area contributed by atoms with E-state index in [1.807, 2.05) is 0 Å². The number of amides is 1. The summed E-state index contributed by atoms with van der Waals surface area (Å²) in [5, 5.41) is 9.15. The molecule has 0 aliphatic heterocycles. The van der Waals surface area contributed by atoms with E-state index in [1.165, 1.54) is 23.0 Å². The van der Waals surface area contributed by atoms with Crippen LogP contribution in [0.5, 0.6) is 0 Å². The van der Waals surface area contributed by atoms with Gasteiger partial charge in [0.2, 0.25) is 0 Å². The number of ether oxygens (including phenoxy) is 1. The second-order valence-corrected chi connectivity index (χ2v) is 8.43. The highest BCUT2D eigenvalue weighted by atomic mass is 19.4. The van der Waals surface area contributed by atoms with Crippen molar-refractivity contribution in [1.29, 1.82) is 0 Å². The van der Waals surface area contributed by atoms with Crippen molar-refractivity contribution in [3.8, 4) is 11.3 Å². The van der Waals surface area contributed by atoms with Crippen LogP contribution in [0.25, 0.3) is 16.9 Å². The monoisotopic (exact) mass is 552 g/mol. The fourth-order valence-corrected chi connectivity index (χ4v) is 3.91. The Kier molecular flexibility index (Phi) is 8.40. The van der Waals surface area contributed by atoms with Crippen LogP contribution in [0.2, 0.25) is 0 Å². The molecule has 3 heterocycles. The van der Waals surface area contributed by atoms with E-state index in [0.29, 0.717) is 47.8 Å². The maximum atomic E-state index is 13.6. The summed E-state index contributed by atoms with van der Waals surface area (Å²) in [7, 11) is 0. The Balaban J connectivity index is 1.58. The van der Waals surface area contributed by atoms with Crippen molar-refractivity contribution in [3.63, 3.8) is 0 Å². The average molecular weight is 553 g/mol. The van der Waals surface area contributed by atoms with Gasteiger partial charge in [0.25, 0.3) is 12.3 Å². The van der Waals surface area contributed by atoms with Gasteiger partial charge in [-0.1, -0.05) is 0 Å². The first kappa shape index (κ1) is 27.9. The van der Waals surface area contributed by atoms with Crippen molar-refractivity contribution in [3.05, 3.63) is 59.8 Å². The van der Waals surface area contributed by atoms with E-state index in [-0.39, 0.29) is 23.1 Å². The van der Waals surface area contributed by atoms with Gasteiger partial charge in [-0.05, 0) is 30.7 Å². The molecule has 0 fully saturated rings. The summed E-state index contributed by atoms with van der Waals surface area (Å²) in [5.41, 5.74) is 5.53. The van der Waals surface area contributed by atoms with Crippen LogP contribution in [0.1, 0.15) is 21.6 Å². The number of carbonyl (C=O) groups excluding carboxylic acids is 1. The van der Waals surface area contributed by atoms with Crippen molar-refractivity contribution < 1.29 is 31.5 Å². The lowest BCUT2D eigenvalue weighted by Gasteiger charge is -2.12. The number of rotatable bonds is 11. The average Bonchev–Trinajstić information content (AvgIpc) is 3.48. The first-order chi connectivity index (χ1) is 18.6. The van der Waals surface area contributed by atoms with Gasteiger partial charge in [0.1, 0.15) is 6.54 Å². The van der Waals surface area contributed by atoms with E-state index < -0.39 is 30.4 Å². The molecule has 0 bridgehead atoms. The SMILES string of the molecule is Cc1cc(Nc2nccn3c(-c4cn(CC(F)F)nc4C(F)(F)F)cnc23)ccc1C(=O)NCCOCCN. The summed E-state index contributed by atoms with van der Waals surface area (Å²) in [6, 6.07) is 4.99. The van der Waals surface area contributed by atoms with Gasteiger partial charge in [0.15, 0.2) is 17.2 Å². The van der Waals surface area contributed by atoms with Gasteiger partial charge >= 0.3 is 6.18 Å². The van der Waals surface area contributed by atoms with Gasteiger partial charge in [0.05, 0.1) is 30.7 Å². The summed E-state index contributed by atoms with van der Waals surface area (Å²) in [4.78, 5) is 20.9. The highest BCUT2D eigenvalue weighted by Crippen LogP contribution is 2.37. The first-order valence-corrected chi connectivity index (χ1v) is 11.8. The Hall–Kier alpha value is -4.11. The normalized spacial score (nSPS) is 11.9.